The van der Waals surface area contributed by atoms with Gasteiger partial charge in [0.05, 0.1) is 4.90 Å². The van der Waals surface area contributed by atoms with E-state index in [1.807, 2.05) is 32.0 Å². The minimum absolute atomic E-state index is 0.139. The van der Waals surface area contributed by atoms with Gasteiger partial charge in [-0.2, -0.15) is 4.31 Å². The molecule has 1 aliphatic heterocycles. The first-order valence-corrected chi connectivity index (χ1v) is 11.2. The van der Waals surface area contributed by atoms with E-state index in [2.05, 4.69) is 5.32 Å². The third-order valence-electron chi connectivity index (χ3n) is 4.92. The van der Waals surface area contributed by atoms with Crippen LogP contribution >= 0.6 is 11.6 Å². The maximum atomic E-state index is 13.1. The molecule has 0 spiro atoms. The zero-order chi connectivity index (χ0) is 20.3. The van der Waals surface area contributed by atoms with Crippen LogP contribution in [-0.2, 0) is 14.8 Å². The van der Waals surface area contributed by atoms with Crippen LogP contribution in [0, 0.1) is 13.8 Å². The predicted molar refractivity (Wildman–Crippen MR) is 112 cm³/mol. The zero-order valence-electron chi connectivity index (χ0n) is 16.1. The van der Waals surface area contributed by atoms with Gasteiger partial charge in [0.2, 0.25) is 15.9 Å². The Morgan fingerprint density at radius 3 is 2.39 bits per heavy atom. The Morgan fingerprint density at radius 1 is 1.11 bits per heavy atom. The summed E-state index contributed by atoms with van der Waals surface area (Å²) in [4.78, 5) is 12.8. The molecule has 1 amide bonds. The van der Waals surface area contributed by atoms with E-state index in [1.54, 1.807) is 12.1 Å². The molecule has 1 heterocycles. The normalized spacial score (nSPS) is 18.0. The van der Waals surface area contributed by atoms with Crippen molar-refractivity contribution >= 4 is 33.2 Å². The van der Waals surface area contributed by atoms with Gasteiger partial charge in [-0.05, 0) is 74.2 Å². The van der Waals surface area contributed by atoms with E-state index in [9.17, 15) is 13.2 Å². The smallest absolute Gasteiger partial charge is 0.243 e. The van der Waals surface area contributed by atoms with Crippen molar-refractivity contribution in [3.05, 3.63) is 58.6 Å². The van der Waals surface area contributed by atoms with Crippen molar-refractivity contribution in [2.45, 2.75) is 50.5 Å². The average Bonchev–Trinajstić information content (AvgIpc) is 2.61. The minimum atomic E-state index is -3.67. The highest BCUT2D eigenvalue weighted by atomic mass is 35.5. The Morgan fingerprint density at radius 2 is 1.75 bits per heavy atom. The van der Waals surface area contributed by atoms with Gasteiger partial charge in [-0.1, -0.05) is 24.1 Å². The standard InChI is InChI=1S/C21H25ClN2O3S/c1-15-11-16(2)13-18(12-15)23-21(25)14-19-5-3-4-10-24(19)28(26,27)20-8-6-17(22)7-9-20/h6-9,11-13,19H,3-5,10,14H2,1-2H3,(H,23,25)/t19-/m0/s1. The van der Waals surface area contributed by atoms with E-state index in [-0.39, 0.29) is 23.3 Å². The summed E-state index contributed by atoms with van der Waals surface area (Å²) in [6.45, 7) is 4.38. The molecular formula is C21H25ClN2O3S. The fraction of sp³-hybridized carbons (Fsp3) is 0.381. The number of benzene rings is 2. The van der Waals surface area contributed by atoms with Gasteiger partial charge in [-0.3, -0.25) is 4.79 Å². The molecule has 0 radical (unpaired) electrons. The molecule has 2 aromatic rings. The third-order valence-corrected chi connectivity index (χ3v) is 7.14. The Hall–Kier alpha value is -1.89. The first kappa shape index (κ1) is 20.8. The molecule has 28 heavy (non-hydrogen) atoms. The molecule has 0 unspecified atom stereocenters. The molecule has 1 fully saturated rings. The zero-order valence-corrected chi connectivity index (χ0v) is 17.7. The maximum absolute atomic E-state index is 13.1. The summed E-state index contributed by atoms with van der Waals surface area (Å²) in [5.74, 6) is -0.173. The van der Waals surface area contributed by atoms with Crippen molar-refractivity contribution in [3.63, 3.8) is 0 Å². The number of carbonyl (C=O) groups is 1. The van der Waals surface area contributed by atoms with E-state index >= 15 is 0 Å². The van der Waals surface area contributed by atoms with E-state index < -0.39 is 10.0 Å². The first-order valence-electron chi connectivity index (χ1n) is 9.41. The summed E-state index contributed by atoms with van der Waals surface area (Å²) in [6, 6.07) is 11.7. The molecule has 150 valence electrons. The molecule has 1 aliphatic rings. The van der Waals surface area contributed by atoms with Crippen molar-refractivity contribution < 1.29 is 13.2 Å². The van der Waals surface area contributed by atoms with Gasteiger partial charge >= 0.3 is 0 Å². The fourth-order valence-corrected chi connectivity index (χ4v) is 5.53. The van der Waals surface area contributed by atoms with Gasteiger partial charge in [0.1, 0.15) is 0 Å². The summed E-state index contributed by atoms with van der Waals surface area (Å²) >= 11 is 5.88. The van der Waals surface area contributed by atoms with Crippen molar-refractivity contribution in [2.24, 2.45) is 0 Å². The second-order valence-electron chi connectivity index (χ2n) is 7.35. The second-order valence-corrected chi connectivity index (χ2v) is 9.67. The van der Waals surface area contributed by atoms with E-state index in [0.717, 1.165) is 29.7 Å². The molecule has 1 N–H and O–H groups in total. The number of hydrogen-bond donors (Lipinski definition) is 1. The van der Waals surface area contributed by atoms with Crippen LogP contribution in [0.3, 0.4) is 0 Å². The number of nitrogens with zero attached hydrogens (tertiary/aromatic N) is 1. The number of amides is 1. The third kappa shape index (κ3) is 4.93. The van der Waals surface area contributed by atoms with Crippen LogP contribution in [0.25, 0.3) is 0 Å². The number of rotatable bonds is 5. The van der Waals surface area contributed by atoms with Gasteiger partial charge in [0, 0.05) is 29.7 Å². The van der Waals surface area contributed by atoms with Crippen molar-refractivity contribution in [3.8, 4) is 0 Å². The minimum Gasteiger partial charge on any atom is -0.326 e. The lowest BCUT2D eigenvalue weighted by Gasteiger charge is -2.34. The maximum Gasteiger partial charge on any atom is 0.243 e. The number of sulfonamides is 1. The molecule has 0 bridgehead atoms. The van der Waals surface area contributed by atoms with Crippen LogP contribution < -0.4 is 5.32 Å². The van der Waals surface area contributed by atoms with Crippen LogP contribution in [0.2, 0.25) is 5.02 Å². The molecule has 0 aromatic heterocycles. The average molecular weight is 421 g/mol. The molecular weight excluding hydrogens is 396 g/mol. The summed E-state index contributed by atoms with van der Waals surface area (Å²) in [5.41, 5.74) is 2.88. The summed E-state index contributed by atoms with van der Waals surface area (Å²) in [7, 11) is -3.67. The monoisotopic (exact) mass is 420 g/mol. The lowest BCUT2D eigenvalue weighted by molar-refractivity contribution is -0.117. The lowest BCUT2D eigenvalue weighted by Crippen LogP contribution is -2.45. The number of nitrogens with one attached hydrogen (secondary N) is 1. The Balaban J connectivity index is 1.75. The van der Waals surface area contributed by atoms with Crippen LogP contribution in [0.4, 0.5) is 5.69 Å². The van der Waals surface area contributed by atoms with Gasteiger partial charge in [0.15, 0.2) is 0 Å². The van der Waals surface area contributed by atoms with Gasteiger partial charge < -0.3 is 5.32 Å². The Bertz CT molecular complexity index is 938. The topological polar surface area (TPSA) is 66.5 Å². The van der Waals surface area contributed by atoms with Gasteiger partial charge in [-0.15, -0.1) is 0 Å². The Labute approximate surface area is 171 Å². The number of anilines is 1. The van der Waals surface area contributed by atoms with Crippen LogP contribution in [-0.4, -0.2) is 31.2 Å². The Kier molecular flexibility index (Phi) is 6.43. The first-order chi connectivity index (χ1) is 13.3. The van der Waals surface area contributed by atoms with E-state index in [0.29, 0.717) is 18.0 Å². The van der Waals surface area contributed by atoms with Crippen LogP contribution in [0.15, 0.2) is 47.4 Å². The molecule has 5 nitrogen and oxygen atoms in total. The molecule has 2 aromatic carbocycles. The summed E-state index contributed by atoms with van der Waals surface area (Å²) in [6.07, 6.45) is 2.52. The fourth-order valence-electron chi connectivity index (χ4n) is 3.71. The number of hydrogen-bond acceptors (Lipinski definition) is 3. The number of piperidine rings is 1. The number of aryl methyl sites for hydroxylation is 2. The van der Waals surface area contributed by atoms with E-state index in [1.165, 1.54) is 16.4 Å². The molecule has 7 heteroatoms. The van der Waals surface area contributed by atoms with Gasteiger partial charge in [-0.25, -0.2) is 8.42 Å². The quantitative estimate of drug-likeness (QED) is 0.772. The van der Waals surface area contributed by atoms with Crippen LogP contribution in [0.1, 0.15) is 36.8 Å². The SMILES string of the molecule is Cc1cc(C)cc(NC(=O)C[C@@H]2CCCCN2S(=O)(=O)c2ccc(Cl)cc2)c1. The lowest BCUT2D eigenvalue weighted by atomic mass is 10.0. The highest BCUT2D eigenvalue weighted by Gasteiger charge is 2.34. The van der Waals surface area contributed by atoms with E-state index in [4.69, 9.17) is 11.6 Å². The van der Waals surface area contributed by atoms with Crippen molar-refractivity contribution in [1.29, 1.82) is 0 Å². The molecule has 1 saturated heterocycles. The second kappa shape index (κ2) is 8.64. The largest absolute Gasteiger partial charge is 0.326 e. The van der Waals surface area contributed by atoms with Crippen molar-refractivity contribution in [2.75, 3.05) is 11.9 Å². The highest BCUT2D eigenvalue weighted by molar-refractivity contribution is 7.89. The van der Waals surface area contributed by atoms with Crippen LogP contribution in [0.5, 0.6) is 0 Å². The summed E-state index contributed by atoms with van der Waals surface area (Å²) in [5, 5.41) is 3.40. The number of halogens is 1. The number of carbonyl (C=O) groups excluding carboxylic acids is 1. The molecule has 0 aliphatic carbocycles. The van der Waals surface area contributed by atoms with Crippen molar-refractivity contribution in [1.82, 2.24) is 4.31 Å². The highest BCUT2D eigenvalue weighted by Crippen LogP contribution is 2.28. The molecule has 3 rings (SSSR count). The molecule has 0 saturated carbocycles. The summed E-state index contributed by atoms with van der Waals surface area (Å²) < 4.78 is 27.7. The predicted octanol–water partition coefficient (Wildman–Crippen LogP) is 4.53. The molecule has 1 atom stereocenters. The van der Waals surface area contributed by atoms with Gasteiger partial charge in [0.25, 0.3) is 0 Å².